The highest BCUT2D eigenvalue weighted by Gasteiger charge is 2.54. The van der Waals surface area contributed by atoms with Gasteiger partial charge in [0, 0.05) is 41.6 Å². The zero-order valence-electron chi connectivity index (χ0n) is 19.7. The average Bonchev–Trinajstić information content (AvgIpc) is 3.73. The van der Waals surface area contributed by atoms with Gasteiger partial charge in [-0.05, 0) is 49.8 Å². The number of halogens is 1. The van der Waals surface area contributed by atoms with Gasteiger partial charge in [-0.2, -0.15) is 0 Å². The van der Waals surface area contributed by atoms with Gasteiger partial charge >= 0.3 is 0 Å². The van der Waals surface area contributed by atoms with Crippen molar-refractivity contribution < 1.29 is 18.7 Å². The Morgan fingerprint density at radius 2 is 2.00 bits per heavy atom. The molecule has 184 valence electrons. The number of hydrogen-bond acceptors (Lipinski definition) is 5. The number of likely N-dealkylation sites (tertiary alicyclic amines) is 1. The Bertz CT molecular complexity index is 1380. The second-order valence-electron chi connectivity index (χ2n) is 10.2. The molecular formula is C28H26FN3O3S. The molecule has 2 saturated carbocycles. The van der Waals surface area contributed by atoms with E-state index in [1.54, 1.807) is 18.2 Å². The molecule has 3 heterocycles. The van der Waals surface area contributed by atoms with Gasteiger partial charge in [0.2, 0.25) is 0 Å². The molecule has 0 radical (unpaired) electrons. The van der Waals surface area contributed by atoms with Gasteiger partial charge in [0.15, 0.2) is 0 Å². The van der Waals surface area contributed by atoms with Crippen LogP contribution in [0.1, 0.15) is 63.0 Å². The van der Waals surface area contributed by atoms with Gasteiger partial charge in [-0.15, -0.1) is 11.3 Å². The summed E-state index contributed by atoms with van der Waals surface area (Å²) >= 11 is 1.45. The molecule has 1 N–H and O–H groups in total. The van der Waals surface area contributed by atoms with Gasteiger partial charge in [-0.3, -0.25) is 9.59 Å². The highest BCUT2D eigenvalue weighted by atomic mass is 32.1. The summed E-state index contributed by atoms with van der Waals surface area (Å²) in [4.78, 5) is 34.3. The number of ether oxygens (including phenoxy) is 1. The Hall–Kier alpha value is -3.26. The number of carbonyl (C=O) groups excluding carboxylic acids is 2. The molecule has 2 amide bonds. The molecule has 7 rings (SSSR count). The summed E-state index contributed by atoms with van der Waals surface area (Å²) in [5.74, 6) is 0.991. The second-order valence-corrected chi connectivity index (χ2v) is 11.3. The van der Waals surface area contributed by atoms with Crippen LogP contribution < -0.4 is 10.1 Å². The third-order valence-electron chi connectivity index (χ3n) is 7.82. The van der Waals surface area contributed by atoms with E-state index in [0.717, 1.165) is 48.4 Å². The summed E-state index contributed by atoms with van der Waals surface area (Å²) in [5, 5.41) is 3.99. The van der Waals surface area contributed by atoms with Crippen molar-refractivity contribution in [1.29, 1.82) is 0 Å². The van der Waals surface area contributed by atoms with Crippen molar-refractivity contribution in [1.82, 2.24) is 15.2 Å². The summed E-state index contributed by atoms with van der Waals surface area (Å²) in [6.07, 6.45) is 4.70. The molecular weight excluding hydrogens is 477 g/mol. The molecule has 8 heteroatoms. The number of hydrogen-bond donors (Lipinski definition) is 1. The molecule has 3 aromatic rings. The maximum atomic E-state index is 14.7. The number of amides is 2. The summed E-state index contributed by atoms with van der Waals surface area (Å²) in [7, 11) is 0. The van der Waals surface area contributed by atoms with Crippen LogP contribution in [0, 0.1) is 11.7 Å². The third-order valence-corrected chi connectivity index (χ3v) is 9.07. The fourth-order valence-electron chi connectivity index (χ4n) is 5.73. The Labute approximate surface area is 212 Å². The highest BCUT2D eigenvalue weighted by Crippen LogP contribution is 2.50. The minimum Gasteiger partial charge on any atom is -0.493 e. The number of piperidine rings is 1. The lowest BCUT2D eigenvalue weighted by Gasteiger charge is -2.28. The van der Waals surface area contributed by atoms with Crippen LogP contribution in [0.4, 0.5) is 4.39 Å². The molecule has 36 heavy (non-hydrogen) atoms. The highest BCUT2D eigenvalue weighted by molar-refractivity contribution is 7.15. The van der Waals surface area contributed by atoms with E-state index in [0.29, 0.717) is 46.7 Å². The van der Waals surface area contributed by atoms with Gasteiger partial charge in [0.05, 0.1) is 22.5 Å². The zero-order chi connectivity index (χ0) is 24.4. The molecule has 1 saturated heterocycles. The lowest BCUT2D eigenvalue weighted by molar-refractivity contribution is 0.0684. The first-order valence-corrected chi connectivity index (χ1v) is 13.5. The van der Waals surface area contributed by atoms with Gasteiger partial charge in [0.25, 0.3) is 11.8 Å². The largest absolute Gasteiger partial charge is 0.493 e. The van der Waals surface area contributed by atoms with Crippen LogP contribution in [0.2, 0.25) is 0 Å². The Morgan fingerprint density at radius 1 is 1.14 bits per heavy atom. The van der Waals surface area contributed by atoms with E-state index < -0.39 is 0 Å². The van der Waals surface area contributed by atoms with Gasteiger partial charge in [0.1, 0.15) is 17.3 Å². The van der Waals surface area contributed by atoms with Crippen LogP contribution >= 0.6 is 11.3 Å². The molecule has 0 bridgehead atoms. The fraction of sp³-hybridized carbons (Fsp3) is 0.393. The molecule has 0 spiro atoms. The predicted octanol–water partition coefficient (Wildman–Crippen LogP) is 4.79. The molecule has 2 aliphatic heterocycles. The molecule has 4 aliphatic rings. The zero-order valence-corrected chi connectivity index (χ0v) is 20.5. The Balaban J connectivity index is 1.14. The SMILES string of the molecule is O=C(NC[C@@H]1C[C@@H]2C[C@@H]2N1C(=O)c1nc(C2CC2)sc1-c1ccccc1F)c1cccc2c1CCO2. The average molecular weight is 504 g/mol. The van der Waals surface area contributed by atoms with Gasteiger partial charge < -0.3 is 15.0 Å². The first kappa shape index (κ1) is 22.0. The van der Waals surface area contributed by atoms with Crippen molar-refractivity contribution in [2.75, 3.05) is 13.2 Å². The van der Waals surface area contributed by atoms with Gasteiger partial charge in [-0.1, -0.05) is 24.3 Å². The lowest BCUT2D eigenvalue weighted by Crippen LogP contribution is -2.45. The maximum Gasteiger partial charge on any atom is 0.274 e. The quantitative estimate of drug-likeness (QED) is 0.525. The first-order chi connectivity index (χ1) is 17.6. The summed E-state index contributed by atoms with van der Waals surface area (Å²) in [5.41, 5.74) is 2.37. The summed E-state index contributed by atoms with van der Waals surface area (Å²) < 4.78 is 20.3. The molecule has 0 unspecified atom stereocenters. The number of benzene rings is 2. The number of rotatable bonds is 6. The smallest absolute Gasteiger partial charge is 0.274 e. The maximum absolute atomic E-state index is 14.7. The van der Waals surface area contributed by atoms with Crippen molar-refractivity contribution in [3.8, 4) is 16.2 Å². The van der Waals surface area contributed by atoms with E-state index in [9.17, 15) is 14.0 Å². The number of thiazole rings is 1. The Kier molecular flexibility index (Phi) is 5.13. The number of nitrogens with one attached hydrogen (secondary N) is 1. The monoisotopic (exact) mass is 503 g/mol. The topological polar surface area (TPSA) is 71.5 Å². The van der Waals surface area contributed by atoms with E-state index in [2.05, 4.69) is 5.32 Å². The lowest BCUT2D eigenvalue weighted by atomic mass is 10.0. The van der Waals surface area contributed by atoms with Crippen LogP contribution in [0.25, 0.3) is 10.4 Å². The summed E-state index contributed by atoms with van der Waals surface area (Å²) in [6.45, 7) is 0.978. The molecule has 2 aliphatic carbocycles. The van der Waals surface area contributed by atoms with Crippen molar-refractivity contribution in [2.24, 2.45) is 5.92 Å². The van der Waals surface area contributed by atoms with Crippen LogP contribution in [-0.4, -0.2) is 46.9 Å². The minimum atomic E-state index is -0.341. The van der Waals surface area contributed by atoms with Crippen LogP contribution in [0.5, 0.6) is 5.75 Å². The first-order valence-electron chi connectivity index (χ1n) is 12.7. The third kappa shape index (κ3) is 3.70. The molecule has 1 aromatic heterocycles. The van der Waals surface area contributed by atoms with E-state index >= 15 is 0 Å². The number of nitrogens with zero attached hydrogens (tertiary/aromatic N) is 2. The molecule has 6 nitrogen and oxygen atoms in total. The predicted molar refractivity (Wildman–Crippen MR) is 134 cm³/mol. The van der Waals surface area contributed by atoms with Gasteiger partial charge in [-0.25, -0.2) is 9.37 Å². The van der Waals surface area contributed by atoms with Crippen LogP contribution in [0.15, 0.2) is 42.5 Å². The normalized spacial score (nSPS) is 23.7. The van der Waals surface area contributed by atoms with Crippen molar-refractivity contribution >= 4 is 23.2 Å². The van der Waals surface area contributed by atoms with E-state index in [4.69, 9.17) is 9.72 Å². The fourth-order valence-corrected chi connectivity index (χ4v) is 6.99. The molecule has 3 atom stereocenters. The number of fused-ring (bicyclic) bond motifs is 2. The molecule has 2 aromatic carbocycles. The standard InChI is InChI=1S/C28H26FN3O3S/c29-21-6-2-1-4-20(21)25-24(31-27(36-25)15-8-9-15)28(34)32-17(12-16-13-22(16)32)14-30-26(33)19-5-3-7-23-18(19)10-11-35-23/h1-7,15-17,22H,8-14H2,(H,30,33)/t16-,17+,22+/m1/s1. The molecule has 3 fully saturated rings. The van der Waals surface area contributed by atoms with E-state index in [1.165, 1.54) is 17.4 Å². The number of aromatic nitrogens is 1. The number of carbonyl (C=O) groups is 2. The van der Waals surface area contributed by atoms with Crippen LogP contribution in [-0.2, 0) is 6.42 Å². The minimum absolute atomic E-state index is 0.0993. The van der Waals surface area contributed by atoms with Crippen molar-refractivity contribution in [3.63, 3.8) is 0 Å². The summed E-state index contributed by atoms with van der Waals surface area (Å²) in [6, 6.07) is 12.2. The van der Waals surface area contributed by atoms with Crippen LogP contribution in [0.3, 0.4) is 0 Å². The van der Waals surface area contributed by atoms with E-state index in [-0.39, 0.29) is 29.7 Å². The second kappa shape index (κ2) is 8.40. The Morgan fingerprint density at radius 3 is 2.83 bits per heavy atom. The van der Waals surface area contributed by atoms with Crippen molar-refractivity contribution in [3.05, 3.63) is 70.1 Å². The van der Waals surface area contributed by atoms with Crippen molar-refractivity contribution in [2.45, 2.75) is 50.1 Å². The van der Waals surface area contributed by atoms with E-state index in [1.807, 2.05) is 23.1 Å².